The second kappa shape index (κ2) is 11.7. The van der Waals surface area contributed by atoms with E-state index in [1.165, 1.54) is 10.5 Å². The number of hydrogen-bond acceptors (Lipinski definition) is 5. The number of halogens is 1. The Hall–Kier alpha value is -1.60. The molecule has 0 atom stereocenters. The molecule has 3 rings (SSSR count). The van der Waals surface area contributed by atoms with Crippen LogP contribution in [-0.4, -0.2) is 48.7 Å². The number of carbonyl (C=O) groups is 1. The van der Waals surface area contributed by atoms with Gasteiger partial charge in [0.15, 0.2) is 5.13 Å². The zero-order chi connectivity index (χ0) is 20.8. The minimum absolute atomic E-state index is 0. The quantitative estimate of drug-likeness (QED) is 0.365. The van der Waals surface area contributed by atoms with Crippen LogP contribution in [0.15, 0.2) is 47.4 Å². The number of thioether (sulfide) groups is 1. The summed E-state index contributed by atoms with van der Waals surface area (Å²) in [7, 11) is 4.11. The molecule has 0 aliphatic carbocycles. The molecule has 4 nitrogen and oxygen atoms in total. The number of hydrogen-bond donors (Lipinski definition) is 0. The maximum atomic E-state index is 13.4. The first kappa shape index (κ1) is 24.7. The molecule has 162 valence electrons. The molecule has 0 saturated carbocycles. The number of thiazole rings is 1. The van der Waals surface area contributed by atoms with E-state index in [1.807, 2.05) is 29.2 Å². The third-order valence-corrected chi connectivity index (χ3v) is 6.66. The topological polar surface area (TPSA) is 36.4 Å². The van der Waals surface area contributed by atoms with Crippen LogP contribution in [0.4, 0.5) is 5.13 Å². The van der Waals surface area contributed by atoms with E-state index in [2.05, 4.69) is 51.0 Å². The van der Waals surface area contributed by atoms with Gasteiger partial charge in [0, 0.05) is 17.0 Å². The highest BCUT2D eigenvalue weighted by atomic mass is 35.5. The molecule has 0 saturated heterocycles. The number of fused-ring (bicyclic) bond motifs is 1. The predicted octanol–water partition coefficient (Wildman–Crippen LogP) is 5.99. The van der Waals surface area contributed by atoms with Crippen molar-refractivity contribution in [2.75, 3.05) is 37.8 Å². The fourth-order valence-corrected chi connectivity index (χ4v) is 4.85. The summed E-state index contributed by atoms with van der Waals surface area (Å²) in [6, 6.07) is 14.3. The molecule has 0 spiro atoms. The minimum atomic E-state index is 0. The number of carbonyl (C=O) groups excluding carboxylic acids is 1. The molecule has 1 aromatic heterocycles. The summed E-state index contributed by atoms with van der Waals surface area (Å²) >= 11 is 3.39. The van der Waals surface area contributed by atoms with Gasteiger partial charge in [-0.05, 0) is 81.2 Å². The molecular formula is C23H30ClN3OS2. The molecule has 1 amide bonds. The maximum Gasteiger partial charge on any atom is 0.260 e. The molecule has 7 heteroatoms. The number of aromatic nitrogens is 1. The Morgan fingerprint density at radius 1 is 1.07 bits per heavy atom. The molecule has 2 aromatic carbocycles. The molecule has 0 N–H and O–H groups in total. The lowest BCUT2D eigenvalue weighted by atomic mass is 10.2. The summed E-state index contributed by atoms with van der Waals surface area (Å²) < 4.78 is 1.14. The molecule has 1 heterocycles. The van der Waals surface area contributed by atoms with Gasteiger partial charge in [-0.25, -0.2) is 4.98 Å². The number of nitrogens with zero attached hydrogens (tertiary/aromatic N) is 3. The first-order valence-electron chi connectivity index (χ1n) is 10.1. The molecular weight excluding hydrogens is 434 g/mol. The number of amides is 1. The maximum absolute atomic E-state index is 13.4. The molecule has 0 fully saturated rings. The van der Waals surface area contributed by atoms with Crippen molar-refractivity contribution in [3.63, 3.8) is 0 Å². The van der Waals surface area contributed by atoms with Gasteiger partial charge in [-0.3, -0.25) is 9.69 Å². The summed E-state index contributed by atoms with van der Waals surface area (Å²) in [5, 5.41) is 0.781. The van der Waals surface area contributed by atoms with E-state index >= 15 is 0 Å². The summed E-state index contributed by atoms with van der Waals surface area (Å²) in [5.41, 5.74) is 2.97. The van der Waals surface area contributed by atoms with Crippen LogP contribution in [0.5, 0.6) is 0 Å². The smallest absolute Gasteiger partial charge is 0.260 e. The van der Waals surface area contributed by atoms with Crippen LogP contribution < -0.4 is 4.90 Å². The monoisotopic (exact) mass is 463 g/mol. The Kier molecular flexibility index (Phi) is 9.62. The number of anilines is 1. The summed E-state index contributed by atoms with van der Waals surface area (Å²) in [6.45, 7) is 5.87. The number of benzene rings is 2. The largest absolute Gasteiger partial charge is 0.309 e. The van der Waals surface area contributed by atoms with Crippen molar-refractivity contribution < 1.29 is 4.79 Å². The van der Waals surface area contributed by atoms with Gasteiger partial charge in [0.2, 0.25) is 0 Å². The van der Waals surface area contributed by atoms with Crippen molar-refractivity contribution in [1.82, 2.24) is 9.88 Å². The van der Waals surface area contributed by atoms with Gasteiger partial charge in [-0.15, -0.1) is 24.2 Å². The third kappa shape index (κ3) is 6.20. The van der Waals surface area contributed by atoms with Crippen molar-refractivity contribution in [2.45, 2.75) is 31.6 Å². The normalized spacial score (nSPS) is 11.0. The first-order chi connectivity index (χ1) is 14.0. The zero-order valence-corrected chi connectivity index (χ0v) is 20.5. The summed E-state index contributed by atoms with van der Waals surface area (Å²) in [6.07, 6.45) is 1.90. The molecule has 3 aromatic rings. The number of rotatable bonds is 9. The number of aryl methyl sites for hydroxylation is 1. The lowest BCUT2D eigenvalue weighted by Crippen LogP contribution is -2.33. The van der Waals surface area contributed by atoms with E-state index in [-0.39, 0.29) is 18.3 Å². The van der Waals surface area contributed by atoms with E-state index in [9.17, 15) is 4.79 Å². The van der Waals surface area contributed by atoms with Gasteiger partial charge in [-0.2, -0.15) is 0 Å². The first-order valence-corrected chi connectivity index (χ1v) is 11.9. The standard InChI is InChI=1S/C23H29N3OS2.ClH/c1-5-17-8-13-20-21(16-17)29-23(24-20)26(15-7-14-25(3)4)22(27)18-9-11-19(12-10-18)28-6-2;/h8-13,16H,5-7,14-15H2,1-4H3;1H. The van der Waals surface area contributed by atoms with Crippen molar-refractivity contribution in [3.8, 4) is 0 Å². The molecule has 0 unspecified atom stereocenters. The van der Waals surface area contributed by atoms with Crippen LogP contribution in [0, 0.1) is 0 Å². The highest BCUT2D eigenvalue weighted by Gasteiger charge is 2.21. The summed E-state index contributed by atoms with van der Waals surface area (Å²) in [4.78, 5) is 23.3. The van der Waals surface area contributed by atoms with E-state index in [0.717, 1.165) is 40.5 Å². The highest BCUT2D eigenvalue weighted by Crippen LogP contribution is 2.31. The zero-order valence-electron chi connectivity index (χ0n) is 18.1. The third-order valence-electron chi connectivity index (χ3n) is 4.73. The fraction of sp³-hybridized carbons (Fsp3) is 0.391. The van der Waals surface area contributed by atoms with Crippen molar-refractivity contribution in [3.05, 3.63) is 53.6 Å². The average Bonchev–Trinajstić information content (AvgIpc) is 3.14. The van der Waals surface area contributed by atoms with Crippen LogP contribution >= 0.6 is 35.5 Å². The Morgan fingerprint density at radius 3 is 2.43 bits per heavy atom. The Labute approximate surface area is 194 Å². The van der Waals surface area contributed by atoms with Crippen LogP contribution in [0.25, 0.3) is 10.2 Å². The van der Waals surface area contributed by atoms with Crippen molar-refractivity contribution in [2.24, 2.45) is 0 Å². The lowest BCUT2D eigenvalue weighted by molar-refractivity contribution is 0.0986. The Balaban J connectivity index is 0.00000320. The van der Waals surface area contributed by atoms with Crippen molar-refractivity contribution >= 4 is 56.8 Å². The van der Waals surface area contributed by atoms with Gasteiger partial charge in [0.25, 0.3) is 5.91 Å². The van der Waals surface area contributed by atoms with E-state index in [0.29, 0.717) is 12.1 Å². The Bertz CT molecular complexity index is 957. The van der Waals surface area contributed by atoms with E-state index in [4.69, 9.17) is 4.98 Å². The average molecular weight is 464 g/mol. The molecule has 0 radical (unpaired) electrons. The second-order valence-corrected chi connectivity index (χ2v) is 9.57. The predicted molar refractivity (Wildman–Crippen MR) is 134 cm³/mol. The van der Waals surface area contributed by atoms with Gasteiger partial charge in [0.1, 0.15) is 0 Å². The SMILES string of the molecule is CCSc1ccc(C(=O)N(CCCN(C)C)c2nc3ccc(CC)cc3s2)cc1.Cl. The second-order valence-electron chi connectivity index (χ2n) is 7.22. The van der Waals surface area contributed by atoms with Gasteiger partial charge < -0.3 is 4.90 Å². The minimum Gasteiger partial charge on any atom is -0.309 e. The van der Waals surface area contributed by atoms with E-state index < -0.39 is 0 Å². The van der Waals surface area contributed by atoms with Crippen LogP contribution in [-0.2, 0) is 6.42 Å². The molecule has 0 bridgehead atoms. The molecule has 0 aliphatic rings. The summed E-state index contributed by atoms with van der Waals surface area (Å²) in [5.74, 6) is 1.04. The van der Waals surface area contributed by atoms with Crippen LogP contribution in [0.2, 0.25) is 0 Å². The van der Waals surface area contributed by atoms with E-state index in [1.54, 1.807) is 23.1 Å². The van der Waals surface area contributed by atoms with Gasteiger partial charge >= 0.3 is 0 Å². The van der Waals surface area contributed by atoms with Crippen LogP contribution in [0.3, 0.4) is 0 Å². The highest BCUT2D eigenvalue weighted by molar-refractivity contribution is 7.99. The fourth-order valence-electron chi connectivity index (χ4n) is 3.14. The lowest BCUT2D eigenvalue weighted by Gasteiger charge is -2.21. The van der Waals surface area contributed by atoms with Crippen molar-refractivity contribution in [1.29, 1.82) is 0 Å². The molecule has 0 aliphatic heterocycles. The van der Waals surface area contributed by atoms with Gasteiger partial charge in [0.05, 0.1) is 10.2 Å². The molecule has 30 heavy (non-hydrogen) atoms. The van der Waals surface area contributed by atoms with Crippen LogP contribution in [0.1, 0.15) is 36.2 Å². The Morgan fingerprint density at radius 2 is 1.80 bits per heavy atom. The van der Waals surface area contributed by atoms with Gasteiger partial charge in [-0.1, -0.05) is 31.3 Å².